The molecule has 0 radical (unpaired) electrons. The van der Waals surface area contributed by atoms with Crippen LogP contribution in [-0.4, -0.2) is 42.8 Å². The van der Waals surface area contributed by atoms with Crippen LogP contribution in [-0.2, 0) is 14.3 Å². The maximum atomic E-state index is 11.4. The van der Waals surface area contributed by atoms with Crippen LogP contribution >= 0.6 is 0 Å². The lowest BCUT2D eigenvalue weighted by Gasteiger charge is -2.17. The summed E-state index contributed by atoms with van der Waals surface area (Å²) in [4.78, 5) is 22.2. The highest BCUT2D eigenvalue weighted by molar-refractivity contribution is 5.86. The fraction of sp³-hybridized carbons (Fsp3) is 0.778. The van der Waals surface area contributed by atoms with Crippen LogP contribution in [0.15, 0.2) is 0 Å². The van der Waals surface area contributed by atoms with E-state index in [9.17, 15) is 9.59 Å². The van der Waals surface area contributed by atoms with Crippen molar-refractivity contribution in [2.24, 2.45) is 5.73 Å². The largest absolute Gasteiger partial charge is 0.480 e. The van der Waals surface area contributed by atoms with E-state index in [0.29, 0.717) is 12.8 Å². The third-order valence-corrected chi connectivity index (χ3v) is 1.98. The molecule has 15 heavy (non-hydrogen) atoms. The average molecular weight is 218 g/mol. The first kappa shape index (κ1) is 13.9. The standard InChI is InChI=1S/C9H18N2O4/c1-3-4-6(9(13)14)11-8(12)7(5-10)15-2/h6-7H,3-5,10H2,1-2H3,(H,11,12)(H,13,14). The van der Waals surface area contributed by atoms with Gasteiger partial charge < -0.3 is 20.9 Å². The number of hydrogen-bond acceptors (Lipinski definition) is 4. The van der Waals surface area contributed by atoms with Crippen molar-refractivity contribution in [1.82, 2.24) is 5.32 Å². The van der Waals surface area contributed by atoms with Crippen molar-refractivity contribution in [3.05, 3.63) is 0 Å². The van der Waals surface area contributed by atoms with E-state index >= 15 is 0 Å². The quantitative estimate of drug-likeness (QED) is 0.526. The molecule has 6 heteroatoms. The van der Waals surface area contributed by atoms with Gasteiger partial charge in [0.15, 0.2) is 0 Å². The molecule has 0 spiro atoms. The van der Waals surface area contributed by atoms with Crippen LogP contribution in [0.3, 0.4) is 0 Å². The van der Waals surface area contributed by atoms with Gasteiger partial charge in [-0.15, -0.1) is 0 Å². The number of methoxy groups -OCH3 is 1. The molecule has 0 aliphatic rings. The van der Waals surface area contributed by atoms with Gasteiger partial charge in [-0.1, -0.05) is 13.3 Å². The van der Waals surface area contributed by atoms with Gasteiger partial charge in [-0.25, -0.2) is 4.79 Å². The van der Waals surface area contributed by atoms with Crippen LogP contribution in [0.4, 0.5) is 0 Å². The summed E-state index contributed by atoms with van der Waals surface area (Å²) in [5.74, 6) is -1.53. The normalized spacial score (nSPS) is 14.3. The molecule has 0 aliphatic carbocycles. The topological polar surface area (TPSA) is 102 Å². The lowest BCUT2D eigenvalue weighted by Crippen LogP contribution is -2.48. The van der Waals surface area contributed by atoms with Crippen molar-refractivity contribution in [2.45, 2.75) is 31.9 Å². The zero-order valence-corrected chi connectivity index (χ0v) is 9.03. The molecule has 0 aliphatic heterocycles. The number of carboxylic acid groups (broad SMARTS) is 1. The zero-order chi connectivity index (χ0) is 11.8. The third-order valence-electron chi connectivity index (χ3n) is 1.98. The maximum absolute atomic E-state index is 11.4. The Labute approximate surface area is 88.8 Å². The molecular formula is C9H18N2O4. The summed E-state index contributed by atoms with van der Waals surface area (Å²) in [6.07, 6.45) is 0.281. The third kappa shape index (κ3) is 4.75. The van der Waals surface area contributed by atoms with E-state index in [1.54, 1.807) is 0 Å². The van der Waals surface area contributed by atoms with E-state index in [1.807, 2.05) is 6.92 Å². The minimum absolute atomic E-state index is 0.0286. The number of ether oxygens (including phenoxy) is 1. The molecule has 1 amide bonds. The van der Waals surface area contributed by atoms with Gasteiger partial charge in [0.1, 0.15) is 12.1 Å². The predicted octanol–water partition coefficient (Wildman–Crippen LogP) is -0.670. The van der Waals surface area contributed by atoms with Crippen LogP contribution in [0, 0.1) is 0 Å². The van der Waals surface area contributed by atoms with E-state index in [-0.39, 0.29) is 6.54 Å². The number of nitrogens with two attached hydrogens (primary N) is 1. The molecule has 0 aromatic rings. The summed E-state index contributed by atoms with van der Waals surface area (Å²) in [6.45, 7) is 1.87. The van der Waals surface area contributed by atoms with Crippen molar-refractivity contribution >= 4 is 11.9 Å². The Kier molecular flexibility index (Phi) is 6.64. The summed E-state index contributed by atoms with van der Waals surface area (Å²) in [5.41, 5.74) is 5.28. The lowest BCUT2D eigenvalue weighted by atomic mass is 10.1. The monoisotopic (exact) mass is 218 g/mol. The first-order chi connectivity index (χ1) is 7.06. The first-order valence-electron chi connectivity index (χ1n) is 4.82. The molecule has 0 rings (SSSR count). The molecule has 4 N–H and O–H groups in total. The minimum atomic E-state index is -1.04. The molecular weight excluding hydrogens is 200 g/mol. The van der Waals surface area contributed by atoms with Crippen LogP contribution in [0.2, 0.25) is 0 Å². The number of aliphatic carboxylic acids is 1. The molecule has 0 aromatic carbocycles. The van der Waals surface area contributed by atoms with Crippen molar-refractivity contribution in [3.63, 3.8) is 0 Å². The first-order valence-corrected chi connectivity index (χ1v) is 4.82. The molecule has 2 unspecified atom stereocenters. The number of carbonyl (C=O) groups excluding carboxylic acids is 1. The molecule has 2 atom stereocenters. The Morgan fingerprint density at radius 3 is 2.47 bits per heavy atom. The highest BCUT2D eigenvalue weighted by atomic mass is 16.5. The van der Waals surface area contributed by atoms with E-state index in [2.05, 4.69) is 5.32 Å². The van der Waals surface area contributed by atoms with E-state index in [0.717, 1.165) is 0 Å². The average Bonchev–Trinajstić information content (AvgIpc) is 2.18. The van der Waals surface area contributed by atoms with E-state index in [1.165, 1.54) is 7.11 Å². The van der Waals surface area contributed by atoms with Crippen molar-refractivity contribution in [2.75, 3.05) is 13.7 Å². The maximum Gasteiger partial charge on any atom is 0.326 e. The van der Waals surface area contributed by atoms with Gasteiger partial charge in [0.25, 0.3) is 5.91 Å². The van der Waals surface area contributed by atoms with E-state index < -0.39 is 24.0 Å². The van der Waals surface area contributed by atoms with Crippen LogP contribution in [0.25, 0.3) is 0 Å². The molecule has 6 nitrogen and oxygen atoms in total. The SMILES string of the molecule is CCCC(NC(=O)C(CN)OC)C(=O)O. The Hall–Kier alpha value is -1.14. The Morgan fingerprint density at radius 1 is 1.53 bits per heavy atom. The van der Waals surface area contributed by atoms with E-state index in [4.69, 9.17) is 15.6 Å². The van der Waals surface area contributed by atoms with Crippen molar-refractivity contribution in [1.29, 1.82) is 0 Å². The van der Waals surface area contributed by atoms with Gasteiger partial charge in [0, 0.05) is 13.7 Å². The van der Waals surface area contributed by atoms with Gasteiger partial charge in [-0.05, 0) is 6.42 Å². The van der Waals surface area contributed by atoms with Crippen LogP contribution in [0.5, 0.6) is 0 Å². The minimum Gasteiger partial charge on any atom is -0.480 e. The second-order valence-corrected chi connectivity index (χ2v) is 3.15. The van der Waals surface area contributed by atoms with Crippen LogP contribution in [0.1, 0.15) is 19.8 Å². The number of nitrogens with one attached hydrogen (secondary N) is 1. The highest BCUT2D eigenvalue weighted by Crippen LogP contribution is 1.98. The fourth-order valence-corrected chi connectivity index (χ4v) is 1.12. The fourth-order valence-electron chi connectivity index (χ4n) is 1.12. The molecule has 88 valence electrons. The molecule has 0 aromatic heterocycles. The summed E-state index contributed by atoms with van der Waals surface area (Å²) in [5, 5.41) is 11.2. The van der Waals surface area contributed by atoms with Crippen LogP contribution < -0.4 is 11.1 Å². The number of hydrogen-bond donors (Lipinski definition) is 3. The molecule has 0 saturated carbocycles. The van der Waals surface area contributed by atoms with Gasteiger partial charge in [0.2, 0.25) is 0 Å². The predicted molar refractivity (Wildman–Crippen MR) is 54.3 cm³/mol. The van der Waals surface area contributed by atoms with Crippen molar-refractivity contribution < 1.29 is 19.4 Å². The second kappa shape index (κ2) is 7.19. The number of carboxylic acids is 1. The Balaban J connectivity index is 4.27. The van der Waals surface area contributed by atoms with Gasteiger partial charge >= 0.3 is 5.97 Å². The lowest BCUT2D eigenvalue weighted by molar-refractivity contribution is -0.143. The van der Waals surface area contributed by atoms with Crippen molar-refractivity contribution in [3.8, 4) is 0 Å². The Bertz CT molecular complexity index is 216. The molecule has 0 bridgehead atoms. The summed E-state index contributed by atoms with van der Waals surface area (Å²) >= 11 is 0. The molecule has 0 fully saturated rings. The highest BCUT2D eigenvalue weighted by Gasteiger charge is 2.23. The van der Waals surface area contributed by atoms with Gasteiger partial charge in [-0.3, -0.25) is 4.79 Å². The molecule has 0 heterocycles. The number of carbonyl (C=O) groups is 2. The second-order valence-electron chi connectivity index (χ2n) is 3.15. The number of rotatable bonds is 7. The number of amides is 1. The summed E-state index contributed by atoms with van der Waals surface area (Å²) < 4.78 is 4.79. The van der Waals surface area contributed by atoms with Gasteiger partial charge in [0.05, 0.1) is 0 Å². The zero-order valence-electron chi connectivity index (χ0n) is 9.03. The Morgan fingerprint density at radius 2 is 2.13 bits per heavy atom. The molecule has 0 saturated heterocycles. The van der Waals surface area contributed by atoms with Gasteiger partial charge in [-0.2, -0.15) is 0 Å². The smallest absolute Gasteiger partial charge is 0.326 e. The summed E-state index contributed by atoms with van der Waals surface area (Å²) in [7, 11) is 1.35. The summed E-state index contributed by atoms with van der Waals surface area (Å²) in [6, 6.07) is -0.869.